The maximum Gasteiger partial charge on any atom is 0.330 e. The number of carbonyl (C=O) groups is 2. The summed E-state index contributed by atoms with van der Waals surface area (Å²) in [6.07, 6.45) is 2.98. The number of amides is 1. The van der Waals surface area contributed by atoms with E-state index in [4.69, 9.17) is 4.74 Å². The topological polar surface area (TPSA) is 55.4 Å². The molecule has 1 heterocycles. The van der Waals surface area contributed by atoms with Gasteiger partial charge in [0.05, 0.1) is 12.6 Å². The lowest BCUT2D eigenvalue weighted by molar-refractivity contribution is -0.137. The number of hydrogen-bond donors (Lipinski definition) is 1. The zero-order valence-electron chi connectivity index (χ0n) is 9.47. The molecule has 4 nitrogen and oxygen atoms in total. The van der Waals surface area contributed by atoms with Gasteiger partial charge in [-0.25, -0.2) is 4.79 Å². The smallest absolute Gasteiger partial charge is 0.330 e. The van der Waals surface area contributed by atoms with Crippen LogP contribution in [0.1, 0.15) is 28.9 Å². The van der Waals surface area contributed by atoms with Gasteiger partial charge in [0, 0.05) is 11.6 Å². The molecule has 17 heavy (non-hydrogen) atoms. The molecule has 88 valence electrons. The minimum Gasteiger partial charge on any atom is -0.463 e. The molecule has 0 radical (unpaired) electrons. The number of benzene rings is 1. The first-order valence-corrected chi connectivity index (χ1v) is 5.47. The normalized spacial score (nSPS) is 17.9. The maximum absolute atomic E-state index is 11.6. The summed E-state index contributed by atoms with van der Waals surface area (Å²) < 4.78 is 4.78. The molecule has 4 heteroatoms. The molecule has 1 N–H and O–H groups in total. The van der Waals surface area contributed by atoms with Gasteiger partial charge in [-0.2, -0.15) is 0 Å². The monoisotopic (exact) mass is 231 g/mol. The molecule has 1 unspecified atom stereocenters. The van der Waals surface area contributed by atoms with Crippen molar-refractivity contribution in [2.24, 2.45) is 0 Å². The van der Waals surface area contributed by atoms with Crippen molar-refractivity contribution in [1.29, 1.82) is 0 Å². The highest BCUT2D eigenvalue weighted by Gasteiger charge is 2.25. The highest BCUT2D eigenvalue weighted by Crippen LogP contribution is 2.25. The van der Waals surface area contributed by atoms with Crippen molar-refractivity contribution in [3.63, 3.8) is 0 Å². The molecule has 0 aliphatic carbocycles. The van der Waals surface area contributed by atoms with Crippen molar-refractivity contribution >= 4 is 11.9 Å². The third-order valence-electron chi connectivity index (χ3n) is 2.54. The van der Waals surface area contributed by atoms with Gasteiger partial charge in [0.1, 0.15) is 0 Å². The Bertz CT molecular complexity index is 479. The lowest BCUT2D eigenvalue weighted by Gasteiger charge is -2.05. The Kier molecular flexibility index (Phi) is 3.23. The van der Waals surface area contributed by atoms with Crippen molar-refractivity contribution in [3.05, 3.63) is 47.5 Å². The van der Waals surface area contributed by atoms with Crippen LogP contribution in [0.15, 0.2) is 36.4 Å². The minimum atomic E-state index is -0.397. The maximum atomic E-state index is 11.6. The van der Waals surface area contributed by atoms with Crippen LogP contribution >= 0.6 is 0 Å². The summed E-state index contributed by atoms with van der Waals surface area (Å²) >= 11 is 0. The van der Waals surface area contributed by atoms with Gasteiger partial charge in [-0.05, 0) is 18.6 Å². The number of hydrogen-bond acceptors (Lipinski definition) is 3. The summed E-state index contributed by atoms with van der Waals surface area (Å²) in [5, 5.41) is 2.78. The van der Waals surface area contributed by atoms with E-state index in [0.29, 0.717) is 12.2 Å². The first-order valence-electron chi connectivity index (χ1n) is 5.47. The predicted octanol–water partition coefficient (Wildman–Crippen LogP) is 1.59. The third-order valence-corrected chi connectivity index (χ3v) is 2.54. The lowest BCUT2D eigenvalue weighted by atomic mass is 10.0. The van der Waals surface area contributed by atoms with E-state index in [0.717, 1.165) is 5.56 Å². The van der Waals surface area contributed by atoms with Crippen molar-refractivity contribution < 1.29 is 14.3 Å². The molecule has 1 amide bonds. The molecule has 0 saturated heterocycles. The summed E-state index contributed by atoms with van der Waals surface area (Å²) in [5.41, 5.74) is 1.55. The SMILES string of the molecule is CCOC(=O)C=CC1NC(=O)c2ccccc21. The predicted molar refractivity (Wildman–Crippen MR) is 62.4 cm³/mol. The molecule has 1 aliphatic heterocycles. The molecule has 0 aromatic heterocycles. The second-order valence-corrected chi connectivity index (χ2v) is 3.65. The molecule has 1 aliphatic rings. The Morgan fingerprint density at radius 3 is 3.00 bits per heavy atom. The largest absolute Gasteiger partial charge is 0.463 e. The number of fused-ring (bicyclic) bond motifs is 1. The molecule has 1 aromatic rings. The van der Waals surface area contributed by atoms with Gasteiger partial charge in [-0.1, -0.05) is 24.3 Å². The van der Waals surface area contributed by atoms with E-state index >= 15 is 0 Å². The second kappa shape index (κ2) is 4.82. The number of nitrogens with one attached hydrogen (secondary N) is 1. The second-order valence-electron chi connectivity index (χ2n) is 3.65. The molecular formula is C13H13NO3. The number of esters is 1. The third kappa shape index (κ3) is 2.36. The Hall–Kier alpha value is -2.10. The van der Waals surface area contributed by atoms with E-state index in [9.17, 15) is 9.59 Å². The zero-order chi connectivity index (χ0) is 12.3. The van der Waals surface area contributed by atoms with Crippen LogP contribution in [0, 0.1) is 0 Å². The van der Waals surface area contributed by atoms with Crippen molar-refractivity contribution in [2.45, 2.75) is 13.0 Å². The van der Waals surface area contributed by atoms with Gasteiger partial charge in [-0.3, -0.25) is 4.79 Å². The number of rotatable bonds is 3. The summed E-state index contributed by atoms with van der Waals surface area (Å²) in [6.45, 7) is 2.09. The lowest BCUT2D eigenvalue weighted by Crippen LogP contribution is -2.17. The van der Waals surface area contributed by atoms with Gasteiger partial charge in [0.2, 0.25) is 0 Å². The van der Waals surface area contributed by atoms with Crippen molar-refractivity contribution in [3.8, 4) is 0 Å². The fourth-order valence-corrected chi connectivity index (χ4v) is 1.79. The Labute approximate surface area is 99.3 Å². The van der Waals surface area contributed by atoms with Gasteiger partial charge in [0.15, 0.2) is 0 Å². The molecule has 0 fully saturated rings. The summed E-state index contributed by atoms with van der Waals surface area (Å²) in [6, 6.07) is 7.07. The van der Waals surface area contributed by atoms with E-state index in [1.54, 1.807) is 19.1 Å². The van der Waals surface area contributed by atoms with Crippen LogP contribution in [0.3, 0.4) is 0 Å². The van der Waals surface area contributed by atoms with E-state index in [-0.39, 0.29) is 11.9 Å². The van der Waals surface area contributed by atoms with Crippen LogP contribution in [0.25, 0.3) is 0 Å². The van der Waals surface area contributed by atoms with Gasteiger partial charge in [-0.15, -0.1) is 0 Å². The summed E-state index contributed by atoms with van der Waals surface area (Å²) in [7, 11) is 0. The van der Waals surface area contributed by atoms with Crippen LogP contribution in [-0.2, 0) is 9.53 Å². The summed E-state index contributed by atoms with van der Waals surface area (Å²) in [5.74, 6) is -0.509. The standard InChI is InChI=1S/C13H13NO3/c1-2-17-12(15)8-7-11-9-5-3-4-6-10(9)13(16)14-11/h3-8,11H,2H2,1H3,(H,14,16). The fourth-order valence-electron chi connectivity index (χ4n) is 1.79. The fraction of sp³-hybridized carbons (Fsp3) is 0.231. The number of ether oxygens (including phenoxy) is 1. The van der Waals surface area contributed by atoms with Crippen molar-refractivity contribution in [1.82, 2.24) is 5.32 Å². The van der Waals surface area contributed by atoms with Crippen LogP contribution in [0.5, 0.6) is 0 Å². The van der Waals surface area contributed by atoms with Crippen LogP contribution in [0.4, 0.5) is 0 Å². The van der Waals surface area contributed by atoms with Crippen LogP contribution in [0.2, 0.25) is 0 Å². The van der Waals surface area contributed by atoms with Crippen molar-refractivity contribution in [2.75, 3.05) is 6.61 Å². The molecule has 2 rings (SSSR count). The van der Waals surface area contributed by atoms with Gasteiger partial charge in [0.25, 0.3) is 5.91 Å². The van der Waals surface area contributed by atoms with E-state index < -0.39 is 5.97 Å². The highest BCUT2D eigenvalue weighted by atomic mass is 16.5. The molecule has 0 saturated carbocycles. The summed E-state index contributed by atoms with van der Waals surface area (Å²) in [4.78, 5) is 22.8. The zero-order valence-corrected chi connectivity index (χ0v) is 9.47. The van der Waals surface area contributed by atoms with E-state index in [1.807, 2.05) is 18.2 Å². The Balaban J connectivity index is 2.15. The van der Waals surface area contributed by atoms with Crippen LogP contribution < -0.4 is 5.32 Å². The highest BCUT2D eigenvalue weighted by molar-refractivity contribution is 5.99. The van der Waals surface area contributed by atoms with E-state index in [2.05, 4.69) is 5.32 Å². The minimum absolute atomic E-state index is 0.112. The quantitative estimate of drug-likeness (QED) is 0.635. The molecule has 0 bridgehead atoms. The average molecular weight is 231 g/mol. The first-order chi connectivity index (χ1) is 8.22. The van der Waals surface area contributed by atoms with Gasteiger partial charge >= 0.3 is 5.97 Å². The van der Waals surface area contributed by atoms with Crippen LogP contribution in [-0.4, -0.2) is 18.5 Å². The Morgan fingerprint density at radius 1 is 1.47 bits per heavy atom. The average Bonchev–Trinajstić information content (AvgIpc) is 2.65. The molecule has 0 spiro atoms. The first kappa shape index (κ1) is 11.4. The molecular weight excluding hydrogens is 218 g/mol. The Morgan fingerprint density at radius 2 is 2.24 bits per heavy atom. The number of carbonyl (C=O) groups excluding carboxylic acids is 2. The molecule has 1 aromatic carbocycles. The van der Waals surface area contributed by atoms with E-state index in [1.165, 1.54) is 6.08 Å². The molecule has 1 atom stereocenters. The van der Waals surface area contributed by atoms with Gasteiger partial charge < -0.3 is 10.1 Å².